The smallest absolute Gasteiger partial charge is 0.335 e. The van der Waals surface area contributed by atoms with Crippen molar-refractivity contribution in [3.8, 4) is 0 Å². The van der Waals surface area contributed by atoms with Gasteiger partial charge in [-0.3, -0.25) is 14.4 Å². The molecule has 2 rings (SSSR count). The van der Waals surface area contributed by atoms with E-state index in [4.69, 9.17) is 14.3 Å². The van der Waals surface area contributed by atoms with E-state index in [0.717, 1.165) is 25.7 Å². The first kappa shape index (κ1) is 22.5. The number of amides is 2. The first-order valence-corrected chi connectivity index (χ1v) is 10.3. The Morgan fingerprint density at radius 3 is 1.93 bits per heavy atom. The SMILES string of the molecule is O=C(CCOCCOCCC(=O)C1CCCCCCC1)ON1C(=O)CCC1=O. The number of nitrogens with zero attached hydrogens (tertiary/aromatic N) is 1. The lowest BCUT2D eigenvalue weighted by molar-refractivity contribution is -0.198. The zero-order chi connectivity index (χ0) is 20.2. The number of hydroxylamine groups is 2. The van der Waals surface area contributed by atoms with Gasteiger partial charge in [0.1, 0.15) is 5.78 Å². The Morgan fingerprint density at radius 2 is 1.32 bits per heavy atom. The molecule has 1 saturated heterocycles. The number of hydrogen-bond donors (Lipinski definition) is 0. The Morgan fingerprint density at radius 1 is 0.786 bits per heavy atom. The van der Waals surface area contributed by atoms with Crippen LogP contribution in [0.3, 0.4) is 0 Å². The highest BCUT2D eigenvalue weighted by molar-refractivity contribution is 6.01. The number of imide groups is 1. The monoisotopic (exact) mass is 397 g/mol. The number of Topliss-reactive ketones (excluding diaryl/α,β-unsaturated/α-hetero) is 1. The highest BCUT2D eigenvalue weighted by Crippen LogP contribution is 2.23. The quantitative estimate of drug-likeness (QED) is 0.390. The molecule has 0 unspecified atom stereocenters. The molecule has 2 amide bonds. The van der Waals surface area contributed by atoms with Crippen LogP contribution in [0.1, 0.15) is 70.6 Å². The minimum Gasteiger partial charge on any atom is -0.379 e. The van der Waals surface area contributed by atoms with Gasteiger partial charge in [-0.25, -0.2) is 4.79 Å². The standard InChI is InChI=1S/C20H31NO7/c22-17(16-6-4-2-1-3-5-7-16)10-12-26-14-15-27-13-11-20(25)28-21-18(23)8-9-19(21)24/h16H,1-15H2. The van der Waals surface area contributed by atoms with Crippen LogP contribution in [0.2, 0.25) is 0 Å². The van der Waals surface area contributed by atoms with Crippen LogP contribution in [-0.4, -0.2) is 55.1 Å². The third-order valence-corrected chi connectivity index (χ3v) is 5.07. The minimum absolute atomic E-state index is 0.0583. The molecule has 28 heavy (non-hydrogen) atoms. The summed E-state index contributed by atoms with van der Waals surface area (Å²) in [5.41, 5.74) is 0. The van der Waals surface area contributed by atoms with E-state index in [1.165, 1.54) is 19.3 Å². The largest absolute Gasteiger partial charge is 0.379 e. The molecule has 158 valence electrons. The van der Waals surface area contributed by atoms with Crippen molar-refractivity contribution in [2.24, 2.45) is 5.92 Å². The van der Waals surface area contributed by atoms with Crippen LogP contribution in [-0.2, 0) is 33.5 Å². The van der Waals surface area contributed by atoms with Gasteiger partial charge in [-0.1, -0.05) is 32.1 Å². The average Bonchev–Trinajstić information content (AvgIpc) is 2.95. The Bertz CT molecular complexity index is 525. The Balaban J connectivity index is 1.45. The molecule has 2 aliphatic rings. The molecule has 1 aliphatic heterocycles. The molecular formula is C20H31NO7. The van der Waals surface area contributed by atoms with Gasteiger partial charge < -0.3 is 14.3 Å². The van der Waals surface area contributed by atoms with Gasteiger partial charge in [0, 0.05) is 25.2 Å². The summed E-state index contributed by atoms with van der Waals surface area (Å²) < 4.78 is 10.7. The summed E-state index contributed by atoms with van der Waals surface area (Å²) in [5, 5.41) is 0.526. The van der Waals surface area contributed by atoms with Crippen molar-refractivity contribution in [3.05, 3.63) is 0 Å². The highest BCUT2D eigenvalue weighted by Gasteiger charge is 2.32. The summed E-state index contributed by atoms with van der Waals surface area (Å²) >= 11 is 0. The zero-order valence-corrected chi connectivity index (χ0v) is 16.5. The van der Waals surface area contributed by atoms with Crippen molar-refractivity contribution in [2.45, 2.75) is 70.6 Å². The zero-order valence-electron chi connectivity index (χ0n) is 16.5. The Labute approximate surface area is 165 Å². The van der Waals surface area contributed by atoms with Gasteiger partial charge in [-0.2, -0.15) is 0 Å². The van der Waals surface area contributed by atoms with Crippen molar-refractivity contribution in [1.29, 1.82) is 0 Å². The third kappa shape index (κ3) is 8.06. The predicted molar refractivity (Wildman–Crippen MR) is 98.9 cm³/mol. The number of hydrogen-bond acceptors (Lipinski definition) is 7. The first-order valence-electron chi connectivity index (χ1n) is 10.3. The normalized spacial score (nSPS) is 18.8. The van der Waals surface area contributed by atoms with Crippen molar-refractivity contribution >= 4 is 23.6 Å². The lowest BCUT2D eigenvalue weighted by Crippen LogP contribution is -2.32. The first-order chi connectivity index (χ1) is 13.6. The molecule has 0 aromatic rings. The molecule has 8 heteroatoms. The van der Waals surface area contributed by atoms with Crippen molar-refractivity contribution in [3.63, 3.8) is 0 Å². The molecule has 0 atom stereocenters. The van der Waals surface area contributed by atoms with E-state index in [1.807, 2.05) is 0 Å². The van der Waals surface area contributed by atoms with Gasteiger partial charge in [0.15, 0.2) is 0 Å². The van der Waals surface area contributed by atoms with E-state index in [0.29, 0.717) is 37.1 Å². The van der Waals surface area contributed by atoms with Crippen molar-refractivity contribution < 1.29 is 33.5 Å². The fourth-order valence-corrected chi connectivity index (χ4v) is 3.44. The van der Waals surface area contributed by atoms with Crippen LogP contribution in [0.25, 0.3) is 0 Å². The second-order valence-electron chi connectivity index (χ2n) is 7.28. The summed E-state index contributed by atoms with van der Waals surface area (Å²) in [4.78, 5) is 51.2. The molecule has 0 aromatic carbocycles. The summed E-state index contributed by atoms with van der Waals surface area (Å²) in [6.45, 7) is 1.14. The van der Waals surface area contributed by atoms with Gasteiger partial charge in [-0.15, -0.1) is 5.06 Å². The Hall–Kier alpha value is -1.80. The second-order valence-corrected chi connectivity index (χ2v) is 7.28. The molecular weight excluding hydrogens is 366 g/mol. The molecule has 0 radical (unpaired) electrons. The average molecular weight is 397 g/mol. The lowest BCUT2D eigenvalue weighted by atomic mass is 9.87. The van der Waals surface area contributed by atoms with Crippen LogP contribution in [0.15, 0.2) is 0 Å². The van der Waals surface area contributed by atoms with Crippen LogP contribution in [0.5, 0.6) is 0 Å². The summed E-state index contributed by atoms with van der Waals surface area (Å²) in [7, 11) is 0. The number of ketones is 1. The van der Waals surface area contributed by atoms with E-state index >= 15 is 0 Å². The maximum absolute atomic E-state index is 12.2. The number of carbonyl (C=O) groups excluding carboxylic acids is 4. The summed E-state index contributed by atoms with van der Waals surface area (Å²) in [6.07, 6.45) is 8.58. The molecule has 8 nitrogen and oxygen atoms in total. The minimum atomic E-state index is -0.686. The topological polar surface area (TPSA) is 99.2 Å². The second kappa shape index (κ2) is 12.6. The van der Waals surface area contributed by atoms with E-state index < -0.39 is 17.8 Å². The van der Waals surface area contributed by atoms with Crippen LogP contribution < -0.4 is 0 Å². The van der Waals surface area contributed by atoms with E-state index in [1.54, 1.807) is 0 Å². The van der Waals surface area contributed by atoms with E-state index in [-0.39, 0.29) is 31.8 Å². The van der Waals surface area contributed by atoms with Gasteiger partial charge in [0.2, 0.25) is 0 Å². The number of ether oxygens (including phenoxy) is 2. The van der Waals surface area contributed by atoms with Crippen LogP contribution in [0.4, 0.5) is 0 Å². The molecule has 1 saturated carbocycles. The van der Waals surface area contributed by atoms with Crippen LogP contribution >= 0.6 is 0 Å². The molecule has 1 heterocycles. The van der Waals surface area contributed by atoms with Gasteiger partial charge in [-0.05, 0) is 12.8 Å². The lowest BCUT2D eigenvalue weighted by Gasteiger charge is -2.18. The van der Waals surface area contributed by atoms with Crippen molar-refractivity contribution in [1.82, 2.24) is 5.06 Å². The van der Waals surface area contributed by atoms with E-state index in [9.17, 15) is 19.2 Å². The van der Waals surface area contributed by atoms with Gasteiger partial charge in [0.25, 0.3) is 11.8 Å². The number of rotatable bonds is 11. The van der Waals surface area contributed by atoms with Crippen LogP contribution in [0, 0.1) is 5.92 Å². The maximum Gasteiger partial charge on any atom is 0.335 e. The Kier molecular flexibility index (Phi) is 10.1. The fraction of sp³-hybridized carbons (Fsp3) is 0.800. The molecule has 0 spiro atoms. The molecule has 1 aliphatic carbocycles. The molecule has 0 N–H and O–H groups in total. The highest BCUT2D eigenvalue weighted by atomic mass is 16.7. The maximum atomic E-state index is 12.2. The molecule has 2 fully saturated rings. The van der Waals surface area contributed by atoms with Crippen molar-refractivity contribution in [2.75, 3.05) is 26.4 Å². The fourth-order valence-electron chi connectivity index (χ4n) is 3.44. The summed E-state index contributed by atoms with van der Waals surface area (Å²) in [6, 6.07) is 0. The van der Waals surface area contributed by atoms with E-state index in [2.05, 4.69) is 0 Å². The molecule has 0 aromatic heterocycles. The van der Waals surface area contributed by atoms with Gasteiger partial charge in [0.05, 0.1) is 32.8 Å². The molecule has 0 bridgehead atoms. The summed E-state index contributed by atoms with van der Waals surface area (Å²) in [5.74, 6) is -1.19. The predicted octanol–water partition coefficient (Wildman–Crippen LogP) is 2.34. The third-order valence-electron chi connectivity index (χ3n) is 5.07. The van der Waals surface area contributed by atoms with Gasteiger partial charge >= 0.3 is 5.97 Å². The number of carbonyl (C=O) groups is 4.